The van der Waals surface area contributed by atoms with Crippen molar-refractivity contribution in [1.29, 1.82) is 0 Å². The smallest absolute Gasteiger partial charge is 0.417 e. The number of aromatic nitrogens is 1. The molecule has 0 aliphatic heterocycles. The average molecular weight is 533 g/mol. The van der Waals surface area contributed by atoms with Crippen LogP contribution in [0.5, 0.6) is 0 Å². The van der Waals surface area contributed by atoms with Gasteiger partial charge in [0.2, 0.25) is 0 Å². The summed E-state index contributed by atoms with van der Waals surface area (Å²) < 4.78 is 101. The van der Waals surface area contributed by atoms with E-state index in [1.54, 1.807) is 25.3 Å². The number of benzene rings is 2. The van der Waals surface area contributed by atoms with E-state index in [9.17, 15) is 26.5 Å². The third-order valence-electron chi connectivity index (χ3n) is 5.55. The van der Waals surface area contributed by atoms with Crippen LogP contribution in [0.15, 0.2) is 42.6 Å². The molecule has 0 unspecified atom stereocenters. The third kappa shape index (κ3) is 6.20. The van der Waals surface area contributed by atoms with Gasteiger partial charge in [0.25, 0.3) is 6.43 Å². The first kappa shape index (κ1) is 28.4. The monoisotopic (exact) mass is 532 g/mol. The van der Waals surface area contributed by atoms with Gasteiger partial charge in [0.15, 0.2) is 0 Å². The molecular formula is C26H30F6N2OS. The molecule has 3 aromatic rings. The van der Waals surface area contributed by atoms with Crippen molar-refractivity contribution in [3.63, 3.8) is 0 Å². The highest BCUT2D eigenvalue weighted by Crippen LogP contribution is 2.41. The molecule has 0 radical (unpaired) electrons. The molecule has 0 saturated heterocycles. The van der Waals surface area contributed by atoms with E-state index >= 15 is 4.39 Å². The summed E-state index contributed by atoms with van der Waals surface area (Å²) in [5, 5.41) is 0.119. The van der Waals surface area contributed by atoms with E-state index in [4.69, 9.17) is 0 Å². The Bertz CT molecular complexity index is 1220. The zero-order valence-electron chi connectivity index (χ0n) is 20.9. The van der Waals surface area contributed by atoms with Crippen molar-refractivity contribution in [2.24, 2.45) is 5.41 Å². The van der Waals surface area contributed by atoms with Crippen LogP contribution in [0.2, 0.25) is 0 Å². The van der Waals surface area contributed by atoms with Crippen LogP contribution in [0.1, 0.15) is 58.7 Å². The molecule has 1 heterocycles. The molecule has 2 aromatic carbocycles. The van der Waals surface area contributed by atoms with Crippen LogP contribution in [0.3, 0.4) is 0 Å². The number of rotatable bonds is 6. The van der Waals surface area contributed by atoms with Gasteiger partial charge in [-0.15, -0.1) is 4.72 Å². The summed E-state index contributed by atoms with van der Waals surface area (Å²) in [6.45, 7) is 11.0. The van der Waals surface area contributed by atoms with E-state index in [0.29, 0.717) is 12.1 Å². The molecule has 36 heavy (non-hydrogen) atoms. The molecule has 10 heteroatoms. The first-order valence-electron chi connectivity index (χ1n) is 11.4. The lowest BCUT2D eigenvalue weighted by Gasteiger charge is -2.27. The zero-order chi connectivity index (χ0) is 27.2. The Kier molecular flexibility index (Phi) is 7.85. The number of alkyl halides is 5. The zero-order valence-corrected chi connectivity index (χ0v) is 21.8. The highest BCUT2D eigenvalue weighted by molar-refractivity contribution is 7.90. The molecule has 3 rings (SSSR count). The van der Waals surface area contributed by atoms with Crippen molar-refractivity contribution in [1.82, 2.24) is 9.29 Å². The maximum absolute atomic E-state index is 15.4. The van der Waals surface area contributed by atoms with Gasteiger partial charge in [-0.25, -0.2) is 13.2 Å². The SMILES string of the molecule is CC(C)(C)Cn1cc([C@H](N[S@@+]([O-])C(C)(C)C)C(F)F)c2cc(F)c(-c3ccccc3C(F)(F)F)cc21. The van der Waals surface area contributed by atoms with Gasteiger partial charge in [0, 0.05) is 46.1 Å². The molecule has 0 aliphatic rings. The molecule has 1 N–H and O–H groups in total. The lowest BCUT2D eigenvalue weighted by Crippen LogP contribution is -2.43. The largest absolute Gasteiger partial charge is 0.598 e. The Labute approximate surface area is 210 Å². The van der Waals surface area contributed by atoms with Gasteiger partial charge in [0.05, 0.1) is 5.56 Å². The van der Waals surface area contributed by atoms with Crippen LogP contribution in [-0.2, 0) is 24.1 Å². The fourth-order valence-electron chi connectivity index (χ4n) is 3.94. The molecule has 0 bridgehead atoms. The Morgan fingerprint density at radius 2 is 1.58 bits per heavy atom. The summed E-state index contributed by atoms with van der Waals surface area (Å²) in [4.78, 5) is 0. The Hall–Kier alpha value is -2.17. The first-order chi connectivity index (χ1) is 16.4. The Morgan fingerprint density at radius 1 is 0.972 bits per heavy atom. The van der Waals surface area contributed by atoms with Crippen LogP contribution in [0.25, 0.3) is 22.0 Å². The van der Waals surface area contributed by atoms with Crippen molar-refractivity contribution in [3.05, 3.63) is 59.5 Å². The number of hydrogen-bond acceptors (Lipinski definition) is 2. The normalized spacial score (nSPS) is 15.1. The van der Waals surface area contributed by atoms with Gasteiger partial charge in [-0.3, -0.25) is 0 Å². The molecule has 198 valence electrons. The minimum Gasteiger partial charge on any atom is -0.598 e. The van der Waals surface area contributed by atoms with Gasteiger partial charge < -0.3 is 9.12 Å². The van der Waals surface area contributed by atoms with Crippen molar-refractivity contribution in [3.8, 4) is 11.1 Å². The fraction of sp³-hybridized carbons (Fsp3) is 0.462. The summed E-state index contributed by atoms with van der Waals surface area (Å²) in [5.74, 6) is -0.973. The molecule has 0 saturated carbocycles. The molecule has 0 amide bonds. The maximum Gasteiger partial charge on any atom is 0.417 e. The highest BCUT2D eigenvalue weighted by atomic mass is 32.2. The van der Waals surface area contributed by atoms with Crippen molar-refractivity contribution >= 4 is 22.3 Å². The van der Waals surface area contributed by atoms with Crippen molar-refractivity contribution in [2.75, 3.05) is 0 Å². The molecule has 2 atom stereocenters. The molecule has 0 spiro atoms. The predicted molar refractivity (Wildman–Crippen MR) is 132 cm³/mol. The average Bonchev–Trinajstić information content (AvgIpc) is 3.04. The summed E-state index contributed by atoms with van der Waals surface area (Å²) in [6, 6.07) is 5.24. The summed E-state index contributed by atoms with van der Waals surface area (Å²) >= 11 is -1.85. The Morgan fingerprint density at radius 3 is 2.11 bits per heavy atom. The van der Waals surface area contributed by atoms with Crippen LogP contribution in [-0.4, -0.2) is 20.3 Å². The minimum absolute atomic E-state index is 0.0245. The second-order valence-electron chi connectivity index (χ2n) is 11.0. The summed E-state index contributed by atoms with van der Waals surface area (Å²) in [7, 11) is 0. The van der Waals surface area contributed by atoms with Gasteiger partial charge in [-0.05, 0) is 49.9 Å². The molecule has 0 fully saturated rings. The maximum atomic E-state index is 15.4. The summed E-state index contributed by atoms with van der Waals surface area (Å²) in [5.41, 5.74) is -1.62. The highest BCUT2D eigenvalue weighted by Gasteiger charge is 2.37. The summed E-state index contributed by atoms with van der Waals surface area (Å²) in [6.07, 6.45) is -6.24. The van der Waals surface area contributed by atoms with E-state index < -0.39 is 46.1 Å². The standard InChI is InChI=1S/C26H30F6N2OS/c1-24(2,3)14-34-13-18(22(23(28)29)33-36(35)25(4,5)6)17-11-20(27)16(12-21(17)34)15-9-7-8-10-19(15)26(30,31)32/h7-13,22-23,33H,14H2,1-6H3/t22-,36-/m0/s1. The molecule has 1 aromatic heterocycles. The molecular weight excluding hydrogens is 502 g/mol. The van der Waals surface area contributed by atoms with Crippen LogP contribution >= 0.6 is 0 Å². The van der Waals surface area contributed by atoms with E-state index in [0.717, 1.165) is 12.1 Å². The quantitative estimate of drug-likeness (QED) is 0.259. The van der Waals surface area contributed by atoms with Crippen molar-refractivity contribution in [2.45, 2.75) is 71.5 Å². The van der Waals surface area contributed by atoms with E-state index in [2.05, 4.69) is 4.72 Å². The van der Waals surface area contributed by atoms with E-state index in [-0.39, 0.29) is 27.5 Å². The van der Waals surface area contributed by atoms with Gasteiger partial charge in [0.1, 0.15) is 16.6 Å². The topological polar surface area (TPSA) is 40.0 Å². The number of hydrogen-bond donors (Lipinski definition) is 1. The first-order valence-corrected chi connectivity index (χ1v) is 12.5. The van der Waals surface area contributed by atoms with Gasteiger partial charge in [-0.2, -0.15) is 13.2 Å². The lowest BCUT2D eigenvalue weighted by atomic mass is 9.95. The number of fused-ring (bicyclic) bond motifs is 1. The Balaban J connectivity index is 2.28. The van der Waals surface area contributed by atoms with E-state index in [1.807, 2.05) is 20.8 Å². The lowest BCUT2D eigenvalue weighted by molar-refractivity contribution is -0.137. The second-order valence-corrected chi connectivity index (χ2v) is 13.0. The van der Waals surface area contributed by atoms with Gasteiger partial charge >= 0.3 is 6.18 Å². The molecule has 3 nitrogen and oxygen atoms in total. The number of halogens is 6. The molecule has 0 aliphatic carbocycles. The predicted octanol–water partition coefficient (Wildman–Crippen LogP) is 7.87. The third-order valence-corrected chi connectivity index (χ3v) is 7.13. The second kappa shape index (κ2) is 9.95. The van der Waals surface area contributed by atoms with Crippen LogP contribution in [0.4, 0.5) is 26.3 Å². The van der Waals surface area contributed by atoms with Crippen LogP contribution in [0, 0.1) is 11.2 Å². The van der Waals surface area contributed by atoms with Crippen LogP contribution < -0.4 is 4.72 Å². The fourth-order valence-corrected chi connectivity index (χ4v) is 4.76. The van der Waals surface area contributed by atoms with Crippen molar-refractivity contribution < 1.29 is 30.9 Å². The van der Waals surface area contributed by atoms with E-state index in [1.165, 1.54) is 30.5 Å². The number of nitrogens with zero attached hydrogens (tertiary/aromatic N) is 1. The van der Waals surface area contributed by atoms with Gasteiger partial charge in [-0.1, -0.05) is 39.0 Å². The minimum atomic E-state index is -4.71. The number of nitrogens with one attached hydrogen (secondary N) is 1.